The average Bonchev–Trinajstić information content (AvgIpc) is 2.88. The van der Waals surface area contributed by atoms with Crippen molar-refractivity contribution in [2.75, 3.05) is 0 Å². The highest BCUT2D eigenvalue weighted by Gasteiger charge is 2.19. The summed E-state index contributed by atoms with van der Waals surface area (Å²) in [5.74, 6) is 0.386. The lowest BCUT2D eigenvalue weighted by molar-refractivity contribution is 0.629. The Morgan fingerprint density at radius 3 is 2.70 bits per heavy atom. The summed E-state index contributed by atoms with van der Waals surface area (Å²) in [5, 5.41) is 4.04. The number of fused-ring (bicyclic) bond motifs is 1. The van der Waals surface area contributed by atoms with Gasteiger partial charge in [-0.2, -0.15) is 5.10 Å². The summed E-state index contributed by atoms with van der Waals surface area (Å²) in [5.41, 5.74) is 3.12. The number of aromatic nitrogens is 4. The lowest BCUT2D eigenvalue weighted by Gasteiger charge is -2.09. The summed E-state index contributed by atoms with van der Waals surface area (Å²) in [6, 6.07) is 4.53. The number of hydrogen-bond acceptors (Lipinski definition) is 2. The number of imidazole rings is 1. The average molecular weight is 293 g/mol. The molecule has 0 saturated carbocycles. The van der Waals surface area contributed by atoms with Crippen LogP contribution in [0.2, 0.25) is 0 Å². The fourth-order valence-electron chi connectivity index (χ4n) is 2.39. The van der Waals surface area contributed by atoms with Gasteiger partial charge >= 0.3 is 0 Å². The molecule has 0 N–H and O–H groups in total. The first-order chi connectivity index (χ1) is 9.47. The molecule has 2 heterocycles. The lowest BCUT2D eigenvalue weighted by Crippen LogP contribution is -2.02. The van der Waals surface area contributed by atoms with Gasteiger partial charge in [0.25, 0.3) is 0 Å². The van der Waals surface area contributed by atoms with Gasteiger partial charge in [0.15, 0.2) is 0 Å². The largest absolute Gasteiger partial charge is 0.291 e. The number of halogens is 2. The van der Waals surface area contributed by atoms with E-state index in [1.165, 1.54) is 12.1 Å². The molecule has 0 aliphatic carbocycles. The van der Waals surface area contributed by atoms with Gasteiger partial charge in [-0.05, 0) is 26.0 Å². The first kappa shape index (κ1) is 13.1. The number of hydrogen-bond donors (Lipinski definition) is 0. The molecular weight excluding hydrogens is 279 g/mol. The molecule has 104 valence electrons. The molecule has 2 aromatic heterocycles. The second kappa shape index (κ2) is 4.59. The molecule has 3 rings (SSSR count). The molecule has 0 aliphatic heterocycles. The second-order valence-corrected chi connectivity index (χ2v) is 5.48. The van der Waals surface area contributed by atoms with Crippen LogP contribution in [0.25, 0.3) is 16.7 Å². The monoisotopic (exact) mass is 292 g/mol. The summed E-state index contributed by atoms with van der Waals surface area (Å²) in [4.78, 5) is 4.51. The molecule has 1 atom stereocenters. The zero-order valence-corrected chi connectivity index (χ0v) is 12.2. The Balaban J connectivity index is 2.39. The van der Waals surface area contributed by atoms with E-state index in [0.29, 0.717) is 11.3 Å². The number of aryl methyl sites for hydroxylation is 2. The summed E-state index contributed by atoms with van der Waals surface area (Å²) < 4.78 is 17.1. The third kappa shape index (κ3) is 1.98. The maximum Gasteiger partial charge on any atom is 0.132 e. The third-order valence-electron chi connectivity index (χ3n) is 3.23. The predicted molar refractivity (Wildman–Crippen MR) is 76.8 cm³/mol. The first-order valence-corrected chi connectivity index (χ1v) is 6.73. The van der Waals surface area contributed by atoms with Crippen molar-refractivity contribution in [1.82, 2.24) is 19.3 Å². The van der Waals surface area contributed by atoms with Crippen molar-refractivity contribution in [1.29, 1.82) is 0 Å². The SMILES string of the molecule is Cc1nn(C)cc1-n1c(C(C)Cl)nc2ccc(F)cc21. The first-order valence-electron chi connectivity index (χ1n) is 6.30. The number of benzene rings is 1. The molecule has 0 aliphatic rings. The van der Waals surface area contributed by atoms with E-state index in [-0.39, 0.29) is 11.2 Å². The van der Waals surface area contributed by atoms with Crippen molar-refractivity contribution in [3.05, 3.63) is 41.7 Å². The van der Waals surface area contributed by atoms with Gasteiger partial charge in [0.05, 0.1) is 27.8 Å². The van der Waals surface area contributed by atoms with E-state index in [4.69, 9.17) is 11.6 Å². The van der Waals surface area contributed by atoms with Crippen LogP contribution in [0, 0.1) is 12.7 Å². The number of rotatable bonds is 2. The van der Waals surface area contributed by atoms with Crippen LogP contribution in [0.5, 0.6) is 0 Å². The highest BCUT2D eigenvalue weighted by molar-refractivity contribution is 6.20. The molecule has 0 spiro atoms. The molecule has 0 fully saturated rings. The minimum Gasteiger partial charge on any atom is -0.291 e. The standard InChI is InChI=1S/C14H14ClFN4/c1-8(15)14-17-11-5-4-10(16)6-12(11)20(14)13-7-19(3)18-9(13)2/h4-8H,1-3H3. The van der Waals surface area contributed by atoms with Crippen LogP contribution in [0.1, 0.15) is 23.8 Å². The molecule has 1 unspecified atom stereocenters. The van der Waals surface area contributed by atoms with Crippen LogP contribution < -0.4 is 0 Å². The van der Waals surface area contributed by atoms with Crippen molar-refractivity contribution < 1.29 is 4.39 Å². The summed E-state index contributed by atoms with van der Waals surface area (Å²) in [6.07, 6.45) is 1.88. The van der Waals surface area contributed by atoms with Crippen molar-refractivity contribution in [3.63, 3.8) is 0 Å². The van der Waals surface area contributed by atoms with Crippen molar-refractivity contribution in [2.45, 2.75) is 19.2 Å². The molecule has 3 aromatic rings. The molecule has 20 heavy (non-hydrogen) atoms. The lowest BCUT2D eigenvalue weighted by atomic mass is 10.3. The van der Waals surface area contributed by atoms with E-state index in [9.17, 15) is 4.39 Å². The number of alkyl halides is 1. The minimum absolute atomic E-state index is 0.287. The van der Waals surface area contributed by atoms with Gasteiger partial charge in [-0.1, -0.05) is 0 Å². The van der Waals surface area contributed by atoms with Gasteiger partial charge in [0.1, 0.15) is 11.6 Å². The normalized spacial score (nSPS) is 13.1. The Kier molecular flexibility index (Phi) is 3.01. The molecule has 1 aromatic carbocycles. The van der Waals surface area contributed by atoms with E-state index in [2.05, 4.69) is 10.1 Å². The van der Waals surface area contributed by atoms with E-state index >= 15 is 0 Å². The third-order valence-corrected chi connectivity index (χ3v) is 3.42. The molecule has 4 nitrogen and oxygen atoms in total. The van der Waals surface area contributed by atoms with E-state index in [1.807, 2.05) is 31.7 Å². The Bertz CT molecular complexity index is 788. The van der Waals surface area contributed by atoms with Gasteiger partial charge in [0, 0.05) is 19.3 Å². The fourth-order valence-corrected chi connectivity index (χ4v) is 2.54. The smallest absolute Gasteiger partial charge is 0.132 e. The maximum absolute atomic E-state index is 13.6. The zero-order valence-electron chi connectivity index (χ0n) is 11.4. The van der Waals surface area contributed by atoms with Crippen LogP contribution in [0.3, 0.4) is 0 Å². The quantitative estimate of drug-likeness (QED) is 0.678. The summed E-state index contributed by atoms with van der Waals surface area (Å²) in [7, 11) is 1.85. The van der Waals surface area contributed by atoms with Crippen molar-refractivity contribution >= 4 is 22.6 Å². The van der Waals surface area contributed by atoms with Crippen LogP contribution in [0.4, 0.5) is 4.39 Å². The highest BCUT2D eigenvalue weighted by Crippen LogP contribution is 2.29. The Hall–Kier alpha value is -1.88. The second-order valence-electron chi connectivity index (χ2n) is 4.83. The molecule has 6 heteroatoms. The van der Waals surface area contributed by atoms with Gasteiger partial charge in [0.2, 0.25) is 0 Å². The Morgan fingerprint density at radius 2 is 2.10 bits per heavy atom. The van der Waals surface area contributed by atoms with Crippen LogP contribution in [-0.4, -0.2) is 19.3 Å². The minimum atomic E-state index is -0.297. The van der Waals surface area contributed by atoms with Crippen LogP contribution in [0.15, 0.2) is 24.4 Å². The van der Waals surface area contributed by atoms with Gasteiger partial charge in [-0.15, -0.1) is 11.6 Å². The van der Waals surface area contributed by atoms with E-state index in [0.717, 1.165) is 16.9 Å². The van der Waals surface area contributed by atoms with Gasteiger partial charge in [-0.25, -0.2) is 9.37 Å². The Morgan fingerprint density at radius 1 is 1.35 bits per heavy atom. The number of nitrogens with zero attached hydrogens (tertiary/aromatic N) is 4. The molecule has 0 bridgehead atoms. The predicted octanol–water partition coefficient (Wildman–Crippen LogP) is 3.51. The summed E-state index contributed by atoms with van der Waals surface area (Å²) >= 11 is 6.22. The molecule has 0 radical (unpaired) electrons. The highest BCUT2D eigenvalue weighted by atomic mass is 35.5. The fraction of sp³-hybridized carbons (Fsp3) is 0.286. The van der Waals surface area contributed by atoms with Gasteiger partial charge < -0.3 is 0 Å². The summed E-state index contributed by atoms with van der Waals surface area (Å²) in [6.45, 7) is 3.75. The Labute approximate surface area is 120 Å². The maximum atomic E-state index is 13.6. The zero-order chi connectivity index (χ0) is 14.4. The van der Waals surface area contributed by atoms with E-state index in [1.54, 1.807) is 10.7 Å². The molecular formula is C14H14ClFN4. The van der Waals surface area contributed by atoms with Crippen molar-refractivity contribution in [3.8, 4) is 5.69 Å². The van der Waals surface area contributed by atoms with Crippen LogP contribution >= 0.6 is 11.6 Å². The van der Waals surface area contributed by atoms with Crippen LogP contribution in [-0.2, 0) is 7.05 Å². The van der Waals surface area contributed by atoms with E-state index < -0.39 is 0 Å². The topological polar surface area (TPSA) is 35.6 Å². The van der Waals surface area contributed by atoms with Crippen molar-refractivity contribution in [2.24, 2.45) is 7.05 Å². The van der Waals surface area contributed by atoms with Gasteiger partial charge in [-0.3, -0.25) is 9.25 Å². The molecule has 0 amide bonds. The molecule has 0 saturated heterocycles.